The number of thiophene rings is 1. The van der Waals surface area contributed by atoms with Gasteiger partial charge in [-0.15, -0.1) is 11.3 Å². The smallest absolute Gasteiger partial charge is 0.270 e. The van der Waals surface area contributed by atoms with Crippen molar-refractivity contribution in [1.82, 2.24) is 4.98 Å². The number of carbonyl (C=O) groups excluding carboxylic acids is 1. The van der Waals surface area contributed by atoms with Gasteiger partial charge >= 0.3 is 0 Å². The number of pyridine rings is 1. The second kappa shape index (κ2) is 5.18. The van der Waals surface area contributed by atoms with E-state index in [0.717, 1.165) is 16.0 Å². The SMILES string of the molecule is Cc1ccc(N(C)C(=O)c2sc3cccnc3c2N)cc1. The lowest BCUT2D eigenvalue weighted by Crippen LogP contribution is -2.26. The number of nitrogens with two attached hydrogens (primary N) is 1. The van der Waals surface area contributed by atoms with Crippen molar-refractivity contribution in [3.63, 3.8) is 0 Å². The van der Waals surface area contributed by atoms with Gasteiger partial charge in [-0.2, -0.15) is 0 Å². The third-order valence-electron chi connectivity index (χ3n) is 3.40. The van der Waals surface area contributed by atoms with E-state index in [9.17, 15) is 4.79 Å². The van der Waals surface area contributed by atoms with Crippen molar-refractivity contribution >= 4 is 38.8 Å². The lowest BCUT2D eigenvalue weighted by molar-refractivity contribution is 0.0997. The van der Waals surface area contributed by atoms with E-state index in [1.807, 2.05) is 43.3 Å². The molecule has 2 heterocycles. The zero-order valence-electron chi connectivity index (χ0n) is 11.8. The average molecular weight is 297 g/mol. The van der Waals surface area contributed by atoms with Crippen LogP contribution in [-0.4, -0.2) is 17.9 Å². The number of aryl methyl sites for hydroxylation is 1. The van der Waals surface area contributed by atoms with Gasteiger partial charge < -0.3 is 10.6 Å². The Morgan fingerprint density at radius 3 is 2.62 bits per heavy atom. The maximum absolute atomic E-state index is 12.6. The van der Waals surface area contributed by atoms with Crippen LogP contribution in [-0.2, 0) is 0 Å². The second-order valence-electron chi connectivity index (χ2n) is 4.89. The molecule has 3 aromatic rings. The first-order valence-corrected chi connectivity index (χ1v) is 7.37. The van der Waals surface area contributed by atoms with E-state index in [1.165, 1.54) is 11.3 Å². The number of nitrogens with zero attached hydrogens (tertiary/aromatic N) is 2. The van der Waals surface area contributed by atoms with Crippen molar-refractivity contribution in [2.24, 2.45) is 0 Å². The van der Waals surface area contributed by atoms with Crippen LogP contribution in [0.15, 0.2) is 42.6 Å². The van der Waals surface area contributed by atoms with E-state index in [4.69, 9.17) is 5.73 Å². The average Bonchev–Trinajstić information content (AvgIpc) is 2.84. The molecule has 3 rings (SSSR count). The molecule has 0 spiro atoms. The van der Waals surface area contributed by atoms with Crippen molar-refractivity contribution in [2.45, 2.75) is 6.92 Å². The minimum absolute atomic E-state index is 0.112. The Morgan fingerprint density at radius 1 is 1.24 bits per heavy atom. The highest BCUT2D eigenvalue weighted by molar-refractivity contribution is 7.21. The van der Waals surface area contributed by atoms with Gasteiger partial charge in [0.15, 0.2) is 0 Å². The summed E-state index contributed by atoms with van der Waals surface area (Å²) in [5, 5.41) is 0. The molecular weight excluding hydrogens is 282 g/mol. The lowest BCUT2D eigenvalue weighted by atomic mass is 10.2. The van der Waals surface area contributed by atoms with Crippen LogP contribution in [0.3, 0.4) is 0 Å². The summed E-state index contributed by atoms with van der Waals surface area (Å²) in [6.07, 6.45) is 1.68. The minimum atomic E-state index is -0.112. The number of hydrogen-bond acceptors (Lipinski definition) is 4. The number of carbonyl (C=O) groups is 1. The Labute approximate surface area is 126 Å². The van der Waals surface area contributed by atoms with Crippen LogP contribution < -0.4 is 10.6 Å². The summed E-state index contributed by atoms with van der Waals surface area (Å²) >= 11 is 1.38. The molecule has 2 aromatic heterocycles. The van der Waals surface area contributed by atoms with E-state index < -0.39 is 0 Å². The van der Waals surface area contributed by atoms with E-state index in [2.05, 4.69) is 4.98 Å². The summed E-state index contributed by atoms with van der Waals surface area (Å²) in [6.45, 7) is 2.02. The first-order valence-electron chi connectivity index (χ1n) is 6.55. The molecule has 21 heavy (non-hydrogen) atoms. The largest absolute Gasteiger partial charge is 0.396 e. The van der Waals surface area contributed by atoms with Crippen molar-refractivity contribution in [2.75, 3.05) is 17.7 Å². The first-order chi connectivity index (χ1) is 10.1. The fraction of sp³-hybridized carbons (Fsp3) is 0.125. The molecular formula is C16H15N3OS. The van der Waals surface area contributed by atoms with Gasteiger partial charge in [-0.1, -0.05) is 17.7 Å². The molecule has 0 aliphatic rings. The number of rotatable bonds is 2. The summed E-state index contributed by atoms with van der Waals surface area (Å²) in [6, 6.07) is 11.6. The Balaban J connectivity index is 2.00. The molecule has 0 unspecified atom stereocenters. The number of benzene rings is 1. The van der Waals surface area contributed by atoms with E-state index >= 15 is 0 Å². The van der Waals surface area contributed by atoms with Gasteiger partial charge in [-0.25, -0.2) is 0 Å². The summed E-state index contributed by atoms with van der Waals surface area (Å²) < 4.78 is 0.927. The maximum Gasteiger partial charge on any atom is 0.270 e. The first kappa shape index (κ1) is 13.6. The van der Waals surface area contributed by atoms with Gasteiger partial charge in [0, 0.05) is 18.9 Å². The molecule has 1 amide bonds. The number of anilines is 2. The van der Waals surface area contributed by atoms with Crippen LogP contribution in [0.25, 0.3) is 10.2 Å². The van der Waals surface area contributed by atoms with Crippen LogP contribution in [0.4, 0.5) is 11.4 Å². The molecule has 4 nitrogen and oxygen atoms in total. The standard InChI is InChI=1S/C16H15N3OS/c1-10-5-7-11(8-6-10)19(2)16(20)15-13(17)14-12(21-15)4-3-9-18-14/h3-9H,17H2,1-2H3. The van der Waals surface area contributed by atoms with Gasteiger partial charge in [-0.3, -0.25) is 9.78 Å². The fourth-order valence-electron chi connectivity index (χ4n) is 2.14. The number of amides is 1. The van der Waals surface area contributed by atoms with Crippen LogP contribution in [0, 0.1) is 6.92 Å². The second-order valence-corrected chi connectivity index (χ2v) is 5.95. The molecule has 0 bridgehead atoms. The van der Waals surface area contributed by atoms with Crippen LogP contribution in [0.2, 0.25) is 0 Å². The molecule has 0 saturated carbocycles. The summed E-state index contributed by atoms with van der Waals surface area (Å²) in [5.41, 5.74) is 9.24. The molecule has 2 N–H and O–H groups in total. The van der Waals surface area contributed by atoms with Crippen molar-refractivity contribution < 1.29 is 4.79 Å². The fourth-order valence-corrected chi connectivity index (χ4v) is 3.20. The highest BCUT2D eigenvalue weighted by atomic mass is 32.1. The molecule has 0 fully saturated rings. The summed E-state index contributed by atoms with van der Waals surface area (Å²) in [4.78, 5) is 19.0. The summed E-state index contributed by atoms with van der Waals surface area (Å²) in [7, 11) is 1.75. The molecule has 0 radical (unpaired) electrons. The van der Waals surface area contributed by atoms with Gasteiger partial charge in [0.1, 0.15) is 10.4 Å². The zero-order chi connectivity index (χ0) is 15.0. The van der Waals surface area contributed by atoms with Gasteiger partial charge in [0.25, 0.3) is 5.91 Å². The van der Waals surface area contributed by atoms with Crippen LogP contribution in [0.1, 0.15) is 15.2 Å². The van der Waals surface area contributed by atoms with Gasteiger partial charge in [-0.05, 0) is 31.2 Å². The topological polar surface area (TPSA) is 59.2 Å². The highest BCUT2D eigenvalue weighted by Crippen LogP contribution is 2.33. The molecule has 0 atom stereocenters. The van der Waals surface area contributed by atoms with E-state index in [-0.39, 0.29) is 5.91 Å². The van der Waals surface area contributed by atoms with Crippen molar-refractivity contribution in [3.05, 3.63) is 53.0 Å². The Bertz CT molecular complexity index is 808. The molecule has 5 heteroatoms. The molecule has 106 valence electrons. The normalized spacial score (nSPS) is 10.8. The molecule has 0 saturated heterocycles. The van der Waals surface area contributed by atoms with Gasteiger partial charge in [0.2, 0.25) is 0 Å². The minimum Gasteiger partial charge on any atom is -0.396 e. The number of fused-ring (bicyclic) bond motifs is 1. The lowest BCUT2D eigenvalue weighted by Gasteiger charge is -2.17. The Hall–Kier alpha value is -2.40. The predicted molar refractivity (Wildman–Crippen MR) is 87.9 cm³/mol. The zero-order valence-corrected chi connectivity index (χ0v) is 12.6. The maximum atomic E-state index is 12.6. The number of nitrogen functional groups attached to an aromatic ring is 1. The quantitative estimate of drug-likeness (QED) is 0.788. The monoisotopic (exact) mass is 297 g/mol. The van der Waals surface area contributed by atoms with Crippen LogP contribution in [0.5, 0.6) is 0 Å². The molecule has 0 aliphatic carbocycles. The highest BCUT2D eigenvalue weighted by Gasteiger charge is 2.21. The third kappa shape index (κ3) is 2.36. The molecule has 1 aromatic carbocycles. The number of aromatic nitrogens is 1. The van der Waals surface area contributed by atoms with E-state index in [1.54, 1.807) is 18.1 Å². The van der Waals surface area contributed by atoms with Crippen LogP contribution >= 0.6 is 11.3 Å². The van der Waals surface area contributed by atoms with Crippen molar-refractivity contribution in [3.8, 4) is 0 Å². The predicted octanol–water partition coefficient (Wildman–Crippen LogP) is 3.46. The number of hydrogen-bond donors (Lipinski definition) is 1. The van der Waals surface area contributed by atoms with Gasteiger partial charge in [0.05, 0.1) is 10.4 Å². The van der Waals surface area contributed by atoms with Crippen molar-refractivity contribution in [1.29, 1.82) is 0 Å². The Morgan fingerprint density at radius 2 is 1.95 bits per heavy atom. The molecule has 0 aliphatic heterocycles. The third-order valence-corrected chi connectivity index (χ3v) is 4.55. The Kier molecular flexibility index (Phi) is 3.35. The summed E-state index contributed by atoms with van der Waals surface area (Å²) in [5.74, 6) is -0.112. The van der Waals surface area contributed by atoms with E-state index in [0.29, 0.717) is 16.1 Å².